The van der Waals surface area contributed by atoms with Crippen LogP contribution in [0.1, 0.15) is 32.6 Å². The average molecular weight is 173 g/mol. The molecule has 0 aliphatic rings. The number of rotatable bonds is 7. The SMILES string of the molecule is CCCCNCCCC(N)=NO. The van der Waals surface area contributed by atoms with Gasteiger partial charge in [0.15, 0.2) is 0 Å². The third-order valence-electron chi connectivity index (χ3n) is 1.62. The maximum atomic E-state index is 8.22. The molecule has 0 fully saturated rings. The Bertz CT molecular complexity index is 125. The van der Waals surface area contributed by atoms with Crippen molar-refractivity contribution >= 4 is 5.84 Å². The highest BCUT2D eigenvalue weighted by Crippen LogP contribution is 1.87. The molecule has 12 heavy (non-hydrogen) atoms. The molecule has 0 aliphatic heterocycles. The predicted octanol–water partition coefficient (Wildman–Crippen LogP) is 0.903. The molecular formula is C8H19N3O. The molecule has 0 bridgehead atoms. The summed E-state index contributed by atoms with van der Waals surface area (Å²) in [5.74, 6) is 0.312. The molecule has 0 spiro atoms. The molecular weight excluding hydrogens is 154 g/mol. The van der Waals surface area contributed by atoms with Crippen molar-refractivity contribution in [3.8, 4) is 0 Å². The summed E-state index contributed by atoms with van der Waals surface area (Å²) in [6.07, 6.45) is 4.02. The first-order valence-electron chi connectivity index (χ1n) is 4.48. The highest BCUT2D eigenvalue weighted by Gasteiger charge is 1.92. The van der Waals surface area contributed by atoms with E-state index in [1.165, 1.54) is 12.8 Å². The number of nitrogens with zero attached hydrogens (tertiary/aromatic N) is 1. The minimum Gasteiger partial charge on any atom is -0.409 e. The molecule has 0 rings (SSSR count). The number of hydrogen-bond donors (Lipinski definition) is 3. The molecule has 0 saturated heterocycles. The first kappa shape index (κ1) is 11.2. The van der Waals surface area contributed by atoms with Gasteiger partial charge in [0, 0.05) is 6.42 Å². The smallest absolute Gasteiger partial charge is 0.139 e. The fourth-order valence-electron chi connectivity index (χ4n) is 0.871. The van der Waals surface area contributed by atoms with Gasteiger partial charge < -0.3 is 16.3 Å². The summed E-state index contributed by atoms with van der Waals surface area (Å²) in [6, 6.07) is 0. The van der Waals surface area contributed by atoms with Crippen LogP contribution in [0.2, 0.25) is 0 Å². The largest absolute Gasteiger partial charge is 0.409 e. The highest BCUT2D eigenvalue weighted by atomic mass is 16.4. The van der Waals surface area contributed by atoms with Crippen LogP contribution in [0.25, 0.3) is 0 Å². The van der Waals surface area contributed by atoms with E-state index in [1.54, 1.807) is 0 Å². The molecule has 0 aliphatic carbocycles. The molecule has 0 saturated carbocycles. The second-order valence-electron chi connectivity index (χ2n) is 2.80. The van der Waals surface area contributed by atoms with E-state index in [2.05, 4.69) is 17.4 Å². The van der Waals surface area contributed by atoms with Crippen molar-refractivity contribution in [3.63, 3.8) is 0 Å². The number of nitrogens with two attached hydrogens (primary N) is 1. The maximum Gasteiger partial charge on any atom is 0.139 e. The van der Waals surface area contributed by atoms with Crippen molar-refractivity contribution in [2.75, 3.05) is 13.1 Å². The summed E-state index contributed by atoms with van der Waals surface area (Å²) in [4.78, 5) is 0. The van der Waals surface area contributed by atoms with Crippen LogP contribution in [0.3, 0.4) is 0 Å². The topological polar surface area (TPSA) is 70.6 Å². The van der Waals surface area contributed by atoms with Gasteiger partial charge in [-0.3, -0.25) is 0 Å². The number of unbranched alkanes of at least 4 members (excludes halogenated alkanes) is 1. The standard InChI is InChI=1S/C8H19N3O/c1-2-3-6-10-7-4-5-8(9)11-12/h10,12H,2-7H2,1H3,(H2,9,11). The summed E-state index contributed by atoms with van der Waals surface area (Å²) in [6.45, 7) is 4.17. The molecule has 0 heterocycles. The zero-order valence-electron chi connectivity index (χ0n) is 7.71. The van der Waals surface area contributed by atoms with Crippen LogP contribution in [0, 0.1) is 0 Å². The Hall–Kier alpha value is -0.770. The molecule has 0 unspecified atom stereocenters. The fraction of sp³-hybridized carbons (Fsp3) is 0.875. The molecule has 0 aromatic heterocycles. The summed E-state index contributed by atoms with van der Waals surface area (Å²) in [5.41, 5.74) is 5.29. The predicted molar refractivity (Wildman–Crippen MR) is 50.4 cm³/mol. The van der Waals surface area contributed by atoms with Gasteiger partial charge in [0.05, 0.1) is 0 Å². The molecule has 0 radical (unpaired) electrons. The van der Waals surface area contributed by atoms with E-state index < -0.39 is 0 Å². The van der Waals surface area contributed by atoms with E-state index in [1.807, 2.05) is 0 Å². The Labute approximate surface area is 73.8 Å². The van der Waals surface area contributed by atoms with Crippen molar-refractivity contribution in [2.45, 2.75) is 32.6 Å². The zero-order chi connectivity index (χ0) is 9.23. The minimum absolute atomic E-state index is 0.312. The van der Waals surface area contributed by atoms with Crippen molar-refractivity contribution in [3.05, 3.63) is 0 Å². The lowest BCUT2D eigenvalue weighted by molar-refractivity contribution is 0.316. The van der Waals surface area contributed by atoms with Gasteiger partial charge in [0.1, 0.15) is 5.84 Å². The van der Waals surface area contributed by atoms with E-state index in [-0.39, 0.29) is 0 Å². The van der Waals surface area contributed by atoms with Crippen molar-refractivity contribution in [1.29, 1.82) is 0 Å². The van der Waals surface area contributed by atoms with Crippen LogP contribution in [0.5, 0.6) is 0 Å². The molecule has 0 amide bonds. The quantitative estimate of drug-likeness (QED) is 0.176. The number of nitrogens with one attached hydrogen (secondary N) is 1. The van der Waals surface area contributed by atoms with Crippen LogP contribution in [-0.4, -0.2) is 24.1 Å². The lowest BCUT2D eigenvalue weighted by Crippen LogP contribution is -2.19. The van der Waals surface area contributed by atoms with E-state index >= 15 is 0 Å². The van der Waals surface area contributed by atoms with Crippen molar-refractivity contribution in [2.24, 2.45) is 10.9 Å². The summed E-state index contributed by atoms with van der Waals surface area (Å²) >= 11 is 0. The number of oxime groups is 1. The van der Waals surface area contributed by atoms with Gasteiger partial charge in [-0.1, -0.05) is 18.5 Å². The van der Waals surface area contributed by atoms with E-state index in [9.17, 15) is 0 Å². The van der Waals surface area contributed by atoms with Crippen LogP contribution in [-0.2, 0) is 0 Å². The first-order valence-corrected chi connectivity index (χ1v) is 4.48. The molecule has 4 N–H and O–H groups in total. The molecule has 0 aromatic carbocycles. The van der Waals surface area contributed by atoms with Crippen LogP contribution in [0.4, 0.5) is 0 Å². The Morgan fingerprint density at radius 3 is 2.67 bits per heavy atom. The van der Waals surface area contributed by atoms with Gasteiger partial charge >= 0.3 is 0 Å². The Morgan fingerprint density at radius 1 is 1.42 bits per heavy atom. The summed E-state index contributed by atoms with van der Waals surface area (Å²) in [5, 5.41) is 14.4. The number of amidine groups is 1. The monoisotopic (exact) mass is 173 g/mol. The van der Waals surface area contributed by atoms with Gasteiger partial charge in [0.25, 0.3) is 0 Å². The van der Waals surface area contributed by atoms with Crippen LogP contribution < -0.4 is 11.1 Å². The third kappa shape index (κ3) is 7.34. The van der Waals surface area contributed by atoms with Crippen LogP contribution in [0.15, 0.2) is 5.16 Å². The summed E-state index contributed by atoms with van der Waals surface area (Å²) in [7, 11) is 0. The third-order valence-corrected chi connectivity index (χ3v) is 1.62. The van der Waals surface area contributed by atoms with E-state index in [0.29, 0.717) is 12.3 Å². The summed E-state index contributed by atoms with van der Waals surface area (Å²) < 4.78 is 0. The van der Waals surface area contributed by atoms with Crippen molar-refractivity contribution < 1.29 is 5.21 Å². The molecule has 4 heteroatoms. The van der Waals surface area contributed by atoms with Gasteiger partial charge in [0.2, 0.25) is 0 Å². The molecule has 4 nitrogen and oxygen atoms in total. The molecule has 0 atom stereocenters. The van der Waals surface area contributed by atoms with Crippen molar-refractivity contribution in [1.82, 2.24) is 5.32 Å². The minimum atomic E-state index is 0.312. The normalized spacial score (nSPS) is 11.9. The maximum absolute atomic E-state index is 8.22. The van der Waals surface area contributed by atoms with Gasteiger partial charge in [-0.25, -0.2) is 0 Å². The van der Waals surface area contributed by atoms with E-state index in [4.69, 9.17) is 10.9 Å². The van der Waals surface area contributed by atoms with Gasteiger partial charge in [-0.05, 0) is 25.9 Å². The zero-order valence-corrected chi connectivity index (χ0v) is 7.71. The molecule has 72 valence electrons. The van der Waals surface area contributed by atoms with Crippen LogP contribution >= 0.6 is 0 Å². The Morgan fingerprint density at radius 2 is 2.08 bits per heavy atom. The number of hydrogen-bond acceptors (Lipinski definition) is 3. The first-order chi connectivity index (χ1) is 5.81. The second kappa shape index (κ2) is 8.33. The lowest BCUT2D eigenvalue weighted by Gasteiger charge is -2.02. The average Bonchev–Trinajstić information content (AvgIpc) is 2.10. The highest BCUT2D eigenvalue weighted by molar-refractivity contribution is 5.79. The Kier molecular flexibility index (Phi) is 7.79. The van der Waals surface area contributed by atoms with E-state index in [0.717, 1.165) is 19.5 Å². The Balaban J connectivity index is 3.00. The lowest BCUT2D eigenvalue weighted by atomic mass is 10.3. The van der Waals surface area contributed by atoms with Gasteiger partial charge in [-0.2, -0.15) is 0 Å². The van der Waals surface area contributed by atoms with Gasteiger partial charge in [-0.15, -0.1) is 0 Å². The molecule has 0 aromatic rings. The second-order valence-corrected chi connectivity index (χ2v) is 2.80. The fourth-order valence-corrected chi connectivity index (χ4v) is 0.871.